The molecule has 0 saturated heterocycles. The molecule has 0 spiro atoms. The molecule has 4 nitrogen and oxygen atoms in total. The van der Waals surface area contributed by atoms with Gasteiger partial charge in [0.15, 0.2) is 0 Å². The normalized spacial score (nSPS) is 16.5. The van der Waals surface area contributed by atoms with Crippen molar-refractivity contribution in [2.75, 3.05) is 12.3 Å². The third-order valence-electron chi connectivity index (χ3n) is 3.62. The minimum atomic E-state index is -3.38. The van der Waals surface area contributed by atoms with Gasteiger partial charge in [0.2, 0.25) is 10.0 Å². The van der Waals surface area contributed by atoms with E-state index in [1.165, 1.54) is 19.3 Å². The van der Waals surface area contributed by atoms with Gasteiger partial charge in [-0.05, 0) is 43.0 Å². The van der Waals surface area contributed by atoms with Crippen LogP contribution >= 0.6 is 0 Å². The minimum absolute atomic E-state index is 0.294. The standard InChI is InChI=1S/C13H20N2O2S/c1-10-9-12(5-6-13(10)14)18(16,17)15-8-7-11-3-2-4-11/h5-6,9,11,15H,2-4,7-8,14H2,1H3. The second kappa shape index (κ2) is 5.28. The van der Waals surface area contributed by atoms with Gasteiger partial charge in [-0.25, -0.2) is 13.1 Å². The Bertz CT molecular complexity index is 522. The molecule has 3 N–H and O–H groups in total. The van der Waals surface area contributed by atoms with E-state index >= 15 is 0 Å². The van der Waals surface area contributed by atoms with E-state index in [4.69, 9.17) is 5.73 Å². The molecular formula is C13H20N2O2S. The van der Waals surface area contributed by atoms with Gasteiger partial charge in [-0.15, -0.1) is 0 Å². The van der Waals surface area contributed by atoms with Crippen LogP contribution in [0, 0.1) is 12.8 Å². The number of hydrogen-bond donors (Lipinski definition) is 2. The lowest BCUT2D eigenvalue weighted by Gasteiger charge is -2.25. The number of anilines is 1. The molecule has 0 unspecified atom stereocenters. The quantitative estimate of drug-likeness (QED) is 0.803. The van der Waals surface area contributed by atoms with Crippen molar-refractivity contribution >= 4 is 15.7 Å². The maximum Gasteiger partial charge on any atom is 0.240 e. The van der Waals surface area contributed by atoms with Crippen LogP contribution in [0.5, 0.6) is 0 Å². The summed E-state index contributed by atoms with van der Waals surface area (Å²) in [6, 6.07) is 4.80. The van der Waals surface area contributed by atoms with E-state index in [0.29, 0.717) is 23.0 Å². The lowest BCUT2D eigenvalue weighted by atomic mass is 9.83. The molecule has 0 atom stereocenters. The third-order valence-corrected chi connectivity index (χ3v) is 5.08. The van der Waals surface area contributed by atoms with Crippen molar-refractivity contribution < 1.29 is 8.42 Å². The molecule has 0 aromatic heterocycles. The lowest BCUT2D eigenvalue weighted by molar-refractivity contribution is 0.297. The fourth-order valence-corrected chi connectivity index (χ4v) is 3.21. The average molecular weight is 268 g/mol. The van der Waals surface area contributed by atoms with Crippen molar-refractivity contribution in [2.45, 2.75) is 37.5 Å². The smallest absolute Gasteiger partial charge is 0.240 e. The van der Waals surface area contributed by atoms with Crippen LogP contribution in [0.1, 0.15) is 31.2 Å². The average Bonchev–Trinajstić information content (AvgIpc) is 2.25. The first-order chi connectivity index (χ1) is 8.49. The molecule has 1 fully saturated rings. The van der Waals surface area contributed by atoms with Crippen LogP contribution in [0.4, 0.5) is 5.69 Å². The number of benzene rings is 1. The Balaban J connectivity index is 1.98. The maximum atomic E-state index is 12.0. The van der Waals surface area contributed by atoms with Gasteiger partial charge in [-0.3, -0.25) is 0 Å². The van der Waals surface area contributed by atoms with E-state index in [2.05, 4.69) is 4.72 Å². The third kappa shape index (κ3) is 3.03. The second-order valence-corrected chi connectivity index (χ2v) is 6.77. The van der Waals surface area contributed by atoms with E-state index in [9.17, 15) is 8.42 Å². The van der Waals surface area contributed by atoms with Crippen LogP contribution in [0.25, 0.3) is 0 Å². The van der Waals surface area contributed by atoms with Crippen LogP contribution in [0.3, 0.4) is 0 Å². The second-order valence-electron chi connectivity index (χ2n) is 5.00. The fraction of sp³-hybridized carbons (Fsp3) is 0.538. The first-order valence-electron chi connectivity index (χ1n) is 6.35. The number of sulfonamides is 1. The predicted octanol–water partition coefficient (Wildman–Crippen LogP) is 2.05. The molecule has 2 rings (SSSR count). The van der Waals surface area contributed by atoms with E-state index in [-0.39, 0.29) is 0 Å². The zero-order chi connectivity index (χ0) is 13.2. The molecule has 100 valence electrons. The number of nitrogen functional groups attached to an aromatic ring is 1. The molecule has 1 saturated carbocycles. The zero-order valence-electron chi connectivity index (χ0n) is 10.6. The van der Waals surface area contributed by atoms with Crippen LogP contribution in [-0.4, -0.2) is 15.0 Å². The first-order valence-corrected chi connectivity index (χ1v) is 7.83. The van der Waals surface area contributed by atoms with Crippen molar-refractivity contribution in [3.05, 3.63) is 23.8 Å². The van der Waals surface area contributed by atoms with Crippen LogP contribution < -0.4 is 10.5 Å². The summed E-state index contributed by atoms with van der Waals surface area (Å²) in [4.78, 5) is 0.294. The molecule has 1 aromatic carbocycles. The molecule has 0 bridgehead atoms. The highest BCUT2D eigenvalue weighted by atomic mass is 32.2. The molecule has 1 aliphatic rings. The van der Waals surface area contributed by atoms with E-state index in [1.807, 2.05) is 6.92 Å². The van der Waals surface area contributed by atoms with Crippen molar-refractivity contribution in [3.8, 4) is 0 Å². The summed E-state index contributed by atoms with van der Waals surface area (Å²) in [5.74, 6) is 0.709. The van der Waals surface area contributed by atoms with Crippen molar-refractivity contribution in [1.29, 1.82) is 0 Å². The van der Waals surface area contributed by atoms with Crippen LogP contribution in [0.2, 0.25) is 0 Å². The Labute approximate surface area is 109 Å². The molecule has 0 aliphatic heterocycles. The number of nitrogens with two attached hydrogens (primary N) is 1. The van der Waals surface area contributed by atoms with E-state index in [0.717, 1.165) is 12.0 Å². The highest BCUT2D eigenvalue weighted by Gasteiger charge is 2.19. The molecule has 1 aromatic rings. The van der Waals surface area contributed by atoms with Gasteiger partial charge in [0.25, 0.3) is 0 Å². The Hall–Kier alpha value is -1.07. The summed E-state index contributed by atoms with van der Waals surface area (Å²) < 4.78 is 26.7. The first kappa shape index (κ1) is 13.4. The van der Waals surface area contributed by atoms with Gasteiger partial charge in [0, 0.05) is 12.2 Å². The van der Waals surface area contributed by atoms with Gasteiger partial charge in [-0.1, -0.05) is 19.3 Å². The Morgan fingerprint density at radius 3 is 2.67 bits per heavy atom. The zero-order valence-corrected chi connectivity index (χ0v) is 11.5. The van der Waals surface area contributed by atoms with Gasteiger partial charge in [0.1, 0.15) is 0 Å². The molecular weight excluding hydrogens is 248 g/mol. The summed E-state index contributed by atoms with van der Waals surface area (Å²) in [5, 5.41) is 0. The van der Waals surface area contributed by atoms with Crippen LogP contribution in [-0.2, 0) is 10.0 Å². The fourth-order valence-electron chi connectivity index (χ4n) is 2.08. The highest BCUT2D eigenvalue weighted by Crippen LogP contribution is 2.28. The number of rotatable bonds is 5. The topological polar surface area (TPSA) is 72.2 Å². The highest BCUT2D eigenvalue weighted by molar-refractivity contribution is 7.89. The summed E-state index contributed by atoms with van der Waals surface area (Å²) in [5.41, 5.74) is 7.09. The molecule has 0 amide bonds. The van der Waals surface area contributed by atoms with Gasteiger partial charge < -0.3 is 5.73 Å². The van der Waals surface area contributed by atoms with Gasteiger partial charge in [-0.2, -0.15) is 0 Å². The van der Waals surface area contributed by atoms with Crippen molar-refractivity contribution in [2.24, 2.45) is 5.92 Å². The predicted molar refractivity (Wildman–Crippen MR) is 72.7 cm³/mol. The maximum absolute atomic E-state index is 12.0. The summed E-state index contributed by atoms with van der Waals surface area (Å²) in [6.45, 7) is 2.33. The van der Waals surface area contributed by atoms with Gasteiger partial charge in [0.05, 0.1) is 4.90 Å². The molecule has 18 heavy (non-hydrogen) atoms. The largest absolute Gasteiger partial charge is 0.399 e. The van der Waals surface area contributed by atoms with Crippen molar-refractivity contribution in [1.82, 2.24) is 4.72 Å². The summed E-state index contributed by atoms with van der Waals surface area (Å²) >= 11 is 0. The molecule has 5 heteroatoms. The summed E-state index contributed by atoms with van der Waals surface area (Å²) in [7, 11) is -3.38. The molecule has 1 aliphatic carbocycles. The molecule has 0 radical (unpaired) electrons. The molecule has 0 heterocycles. The SMILES string of the molecule is Cc1cc(S(=O)(=O)NCCC2CCC2)ccc1N. The van der Waals surface area contributed by atoms with Gasteiger partial charge >= 0.3 is 0 Å². The Morgan fingerprint density at radius 2 is 2.11 bits per heavy atom. The van der Waals surface area contributed by atoms with E-state index in [1.54, 1.807) is 18.2 Å². The van der Waals surface area contributed by atoms with Crippen LogP contribution in [0.15, 0.2) is 23.1 Å². The number of aryl methyl sites for hydroxylation is 1. The Kier molecular flexibility index (Phi) is 3.92. The lowest BCUT2D eigenvalue weighted by Crippen LogP contribution is -2.27. The van der Waals surface area contributed by atoms with E-state index < -0.39 is 10.0 Å². The number of hydrogen-bond acceptors (Lipinski definition) is 3. The monoisotopic (exact) mass is 268 g/mol. The summed E-state index contributed by atoms with van der Waals surface area (Å²) in [6.07, 6.45) is 4.70. The number of nitrogens with one attached hydrogen (secondary N) is 1. The Morgan fingerprint density at radius 1 is 1.39 bits per heavy atom. The van der Waals surface area contributed by atoms with Crippen molar-refractivity contribution in [3.63, 3.8) is 0 Å². The minimum Gasteiger partial charge on any atom is -0.399 e.